The molecular formula is C17H23N3O2. The average Bonchev–Trinajstić information content (AvgIpc) is 2.97. The second-order valence-electron chi connectivity index (χ2n) is 6.75. The van der Waals surface area contributed by atoms with Gasteiger partial charge in [-0.25, -0.2) is 4.98 Å². The fraction of sp³-hybridized carbons (Fsp3) is 0.471. The van der Waals surface area contributed by atoms with E-state index in [1.54, 1.807) is 12.1 Å². The number of benzene rings is 1. The van der Waals surface area contributed by atoms with Gasteiger partial charge in [0.15, 0.2) is 0 Å². The minimum atomic E-state index is -0.0192. The van der Waals surface area contributed by atoms with Crippen LogP contribution in [0.5, 0.6) is 5.75 Å². The molecule has 5 heteroatoms. The Morgan fingerprint density at radius 2 is 1.77 bits per heavy atom. The maximum absolute atomic E-state index is 9.59. The molecule has 0 atom stereocenters. The summed E-state index contributed by atoms with van der Waals surface area (Å²) in [6.45, 7) is 9.86. The van der Waals surface area contributed by atoms with E-state index in [1.807, 2.05) is 18.3 Å². The van der Waals surface area contributed by atoms with E-state index in [1.165, 1.54) is 0 Å². The Morgan fingerprint density at radius 3 is 2.36 bits per heavy atom. The van der Waals surface area contributed by atoms with Crippen LogP contribution in [0.1, 0.15) is 26.5 Å². The first-order valence-electron chi connectivity index (χ1n) is 7.69. The fourth-order valence-corrected chi connectivity index (χ4v) is 2.60. The van der Waals surface area contributed by atoms with E-state index in [0.717, 1.165) is 37.6 Å². The summed E-state index contributed by atoms with van der Waals surface area (Å²) >= 11 is 0. The summed E-state index contributed by atoms with van der Waals surface area (Å²) < 4.78 is 5.90. The Balaban J connectivity index is 1.65. The summed E-state index contributed by atoms with van der Waals surface area (Å²) in [5.74, 6) is 1.22. The van der Waals surface area contributed by atoms with Crippen LogP contribution >= 0.6 is 0 Å². The van der Waals surface area contributed by atoms with Gasteiger partial charge in [0.25, 0.3) is 6.01 Å². The molecule has 1 aromatic carbocycles. The van der Waals surface area contributed by atoms with Gasteiger partial charge in [0, 0.05) is 43.3 Å². The largest absolute Gasteiger partial charge is 0.508 e. The quantitative estimate of drug-likeness (QED) is 0.924. The normalized spacial score (nSPS) is 16.1. The topological polar surface area (TPSA) is 52.7 Å². The van der Waals surface area contributed by atoms with Gasteiger partial charge in [-0.3, -0.25) is 0 Å². The highest BCUT2D eigenvalue weighted by atomic mass is 16.4. The van der Waals surface area contributed by atoms with E-state index in [-0.39, 0.29) is 5.41 Å². The SMILES string of the molecule is CC(C)(C)c1cnc(N2CCN(c3cccc(O)c3)CC2)o1. The Morgan fingerprint density at radius 1 is 1.09 bits per heavy atom. The minimum absolute atomic E-state index is 0.0192. The van der Waals surface area contributed by atoms with Gasteiger partial charge in [-0.2, -0.15) is 0 Å². The van der Waals surface area contributed by atoms with Crippen molar-refractivity contribution in [2.45, 2.75) is 26.2 Å². The Labute approximate surface area is 131 Å². The molecular weight excluding hydrogens is 278 g/mol. The Hall–Kier alpha value is -2.17. The molecule has 1 aliphatic heterocycles. The van der Waals surface area contributed by atoms with E-state index in [9.17, 15) is 5.11 Å². The number of nitrogens with zero attached hydrogens (tertiary/aromatic N) is 3. The number of aromatic hydroxyl groups is 1. The number of phenols is 1. The van der Waals surface area contributed by atoms with E-state index >= 15 is 0 Å². The highest BCUT2D eigenvalue weighted by Crippen LogP contribution is 2.27. The van der Waals surface area contributed by atoms with Crippen LogP contribution in [0.4, 0.5) is 11.7 Å². The van der Waals surface area contributed by atoms with Gasteiger partial charge in [-0.1, -0.05) is 26.8 Å². The van der Waals surface area contributed by atoms with E-state index in [0.29, 0.717) is 11.8 Å². The van der Waals surface area contributed by atoms with E-state index in [2.05, 4.69) is 35.6 Å². The van der Waals surface area contributed by atoms with E-state index in [4.69, 9.17) is 4.42 Å². The van der Waals surface area contributed by atoms with Crippen molar-refractivity contribution in [3.05, 3.63) is 36.2 Å². The molecule has 0 saturated carbocycles. The molecule has 1 fully saturated rings. The third-order valence-corrected chi connectivity index (χ3v) is 3.98. The van der Waals surface area contributed by atoms with Crippen LogP contribution in [0.3, 0.4) is 0 Å². The number of hydrogen-bond acceptors (Lipinski definition) is 5. The summed E-state index contributed by atoms with van der Waals surface area (Å²) in [6.07, 6.45) is 1.83. The van der Waals surface area contributed by atoms with Crippen molar-refractivity contribution in [3.8, 4) is 5.75 Å². The van der Waals surface area contributed by atoms with Crippen LogP contribution in [0.2, 0.25) is 0 Å². The molecule has 0 radical (unpaired) electrons. The monoisotopic (exact) mass is 301 g/mol. The average molecular weight is 301 g/mol. The number of anilines is 2. The van der Waals surface area contributed by atoms with Crippen molar-refractivity contribution in [1.29, 1.82) is 0 Å². The van der Waals surface area contributed by atoms with Crippen molar-refractivity contribution in [3.63, 3.8) is 0 Å². The smallest absolute Gasteiger partial charge is 0.297 e. The predicted octanol–water partition coefficient (Wildman–Crippen LogP) is 3.00. The second kappa shape index (κ2) is 5.55. The molecule has 0 unspecified atom stereocenters. The van der Waals surface area contributed by atoms with Crippen molar-refractivity contribution in [2.75, 3.05) is 36.0 Å². The summed E-state index contributed by atoms with van der Waals surface area (Å²) in [4.78, 5) is 8.86. The van der Waals surface area contributed by atoms with Crippen LogP contribution in [0.25, 0.3) is 0 Å². The van der Waals surface area contributed by atoms with Crippen LogP contribution in [0, 0.1) is 0 Å². The maximum Gasteiger partial charge on any atom is 0.297 e. The molecule has 0 spiro atoms. The van der Waals surface area contributed by atoms with Crippen molar-refractivity contribution >= 4 is 11.7 Å². The summed E-state index contributed by atoms with van der Waals surface area (Å²) in [7, 11) is 0. The molecule has 1 N–H and O–H groups in total. The highest BCUT2D eigenvalue weighted by molar-refractivity contribution is 5.51. The van der Waals surface area contributed by atoms with Gasteiger partial charge in [-0.15, -0.1) is 0 Å². The van der Waals surface area contributed by atoms with Gasteiger partial charge in [0.05, 0.1) is 6.20 Å². The summed E-state index contributed by atoms with van der Waals surface area (Å²) in [5, 5.41) is 9.59. The number of hydrogen-bond donors (Lipinski definition) is 1. The van der Waals surface area contributed by atoms with Gasteiger partial charge < -0.3 is 19.3 Å². The fourth-order valence-electron chi connectivity index (χ4n) is 2.60. The Bertz CT molecular complexity index is 637. The van der Waals surface area contributed by atoms with Gasteiger partial charge in [0.2, 0.25) is 0 Å². The number of rotatable bonds is 2. The molecule has 22 heavy (non-hydrogen) atoms. The molecule has 1 aromatic heterocycles. The molecule has 0 bridgehead atoms. The van der Waals surface area contributed by atoms with Gasteiger partial charge >= 0.3 is 0 Å². The first-order valence-corrected chi connectivity index (χ1v) is 7.69. The third kappa shape index (κ3) is 3.03. The molecule has 0 aliphatic carbocycles. The van der Waals surface area contributed by atoms with Crippen molar-refractivity contribution < 1.29 is 9.52 Å². The molecule has 0 amide bonds. The zero-order chi connectivity index (χ0) is 15.7. The van der Waals surface area contributed by atoms with Crippen molar-refractivity contribution in [2.24, 2.45) is 0 Å². The predicted molar refractivity (Wildman–Crippen MR) is 87.7 cm³/mol. The number of oxazole rings is 1. The minimum Gasteiger partial charge on any atom is -0.508 e. The number of aromatic nitrogens is 1. The van der Waals surface area contributed by atoms with Crippen molar-refractivity contribution in [1.82, 2.24) is 4.98 Å². The molecule has 2 heterocycles. The molecule has 5 nitrogen and oxygen atoms in total. The third-order valence-electron chi connectivity index (χ3n) is 3.98. The van der Waals surface area contributed by atoms with Crippen LogP contribution in [0.15, 0.2) is 34.9 Å². The number of phenolic OH excluding ortho intramolecular Hbond substituents is 1. The molecule has 2 aromatic rings. The lowest BCUT2D eigenvalue weighted by Gasteiger charge is -2.35. The standard InChI is InChI=1S/C17H23N3O2/c1-17(2,3)15-12-18-16(22-15)20-9-7-19(8-10-20)13-5-4-6-14(21)11-13/h4-6,11-12,21H,7-10H2,1-3H3. The first kappa shape index (κ1) is 14.8. The maximum atomic E-state index is 9.59. The Kier molecular flexibility index (Phi) is 3.72. The van der Waals surface area contributed by atoms with E-state index < -0.39 is 0 Å². The first-order chi connectivity index (χ1) is 10.4. The lowest BCUT2D eigenvalue weighted by molar-refractivity contribution is 0.402. The summed E-state index contributed by atoms with van der Waals surface area (Å²) in [6, 6.07) is 8.11. The lowest BCUT2D eigenvalue weighted by atomic mass is 9.94. The molecule has 1 aliphatic rings. The van der Waals surface area contributed by atoms with Gasteiger partial charge in [-0.05, 0) is 12.1 Å². The van der Waals surface area contributed by atoms with Gasteiger partial charge in [0.1, 0.15) is 11.5 Å². The summed E-state index contributed by atoms with van der Waals surface area (Å²) in [5.41, 5.74) is 1.04. The van der Waals surface area contributed by atoms with Crippen LogP contribution in [-0.2, 0) is 5.41 Å². The molecule has 1 saturated heterocycles. The lowest BCUT2D eigenvalue weighted by Crippen LogP contribution is -2.46. The second-order valence-corrected chi connectivity index (χ2v) is 6.75. The van der Waals surface area contributed by atoms with Crippen LogP contribution in [-0.4, -0.2) is 36.3 Å². The zero-order valence-corrected chi connectivity index (χ0v) is 13.4. The van der Waals surface area contributed by atoms with Crippen LogP contribution < -0.4 is 9.80 Å². The molecule has 118 valence electrons. The molecule has 3 rings (SSSR count). The zero-order valence-electron chi connectivity index (χ0n) is 13.4. The number of piperazine rings is 1. The highest BCUT2D eigenvalue weighted by Gasteiger charge is 2.24.